The van der Waals surface area contributed by atoms with Gasteiger partial charge in [0.1, 0.15) is 12.2 Å². The molecule has 22 heavy (non-hydrogen) atoms. The molecule has 2 spiro atoms. The maximum Gasteiger partial charge on any atom is 0.104 e. The van der Waals surface area contributed by atoms with E-state index in [1.807, 2.05) is 0 Å². The number of rotatable bonds is 2. The molecule has 0 amide bonds. The molecule has 4 nitrogen and oxygen atoms in total. The topological polar surface area (TPSA) is 30.9 Å². The van der Waals surface area contributed by atoms with Gasteiger partial charge in [-0.15, -0.1) is 0 Å². The van der Waals surface area contributed by atoms with Crippen molar-refractivity contribution in [1.82, 2.24) is 5.06 Å². The van der Waals surface area contributed by atoms with Crippen molar-refractivity contribution in [2.24, 2.45) is 5.41 Å². The number of hydrogen-bond donors (Lipinski definition) is 0. The molecule has 2 aliphatic heterocycles. The zero-order chi connectivity index (χ0) is 16.0. The highest BCUT2D eigenvalue weighted by atomic mass is 16.7. The van der Waals surface area contributed by atoms with Crippen LogP contribution in [0, 0.1) is 5.41 Å². The van der Waals surface area contributed by atoms with E-state index in [0.717, 1.165) is 6.54 Å². The van der Waals surface area contributed by atoms with Gasteiger partial charge in [0.25, 0.3) is 0 Å². The average molecular weight is 309 g/mol. The third-order valence-corrected chi connectivity index (χ3v) is 5.60. The number of fused-ring (bicyclic) bond motifs is 3. The Labute approximate surface area is 134 Å². The van der Waals surface area contributed by atoms with Crippen molar-refractivity contribution in [3.63, 3.8) is 0 Å². The van der Waals surface area contributed by atoms with E-state index in [1.54, 1.807) is 0 Å². The van der Waals surface area contributed by atoms with Crippen LogP contribution in [-0.2, 0) is 14.3 Å². The van der Waals surface area contributed by atoms with E-state index < -0.39 is 0 Å². The van der Waals surface area contributed by atoms with Crippen LogP contribution in [0.25, 0.3) is 0 Å². The maximum atomic E-state index is 6.52. The van der Waals surface area contributed by atoms with Crippen LogP contribution >= 0.6 is 0 Å². The Morgan fingerprint density at radius 2 is 1.50 bits per heavy atom. The zero-order valence-electron chi connectivity index (χ0n) is 14.9. The van der Waals surface area contributed by atoms with Gasteiger partial charge in [-0.25, -0.2) is 0 Å². The van der Waals surface area contributed by atoms with Crippen LogP contribution in [-0.4, -0.2) is 46.7 Å². The minimum absolute atomic E-state index is 0.0952. The number of hydrogen-bond acceptors (Lipinski definition) is 4. The van der Waals surface area contributed by atoms with Gasteiger partial charge in [-0.1, -0.05) is 0 Å². The van der Waals surface area contributed by atoms with Crippen LogP contribution in [0.4, 0.5) is 0 Å². The smallest absolute Gasteiger partial charge is 0.104 e. The summed E-state index contributed by atoms with van der Waals surface area (Å²) in [6.07, 6.45) is 5.25. The zero-order valence-corrected chi connectivity index (χ0v) is 14.9. The van der Waals surface area contributed by atoms with E-state index in [4.69, 9.17) is 14.3 Å². The third-order valence-electron chi connectivity index (χ3n) is 5.60. The number of ether oxygens (including phenoxy) is 2. The summed E-state index contributed by atoms with van der Waals surface area (Å²) in [6.45, 7) is 13.7. The Bertz CT molecular complexity index is 468. The largest absolute Gasteiger partial charge is 0.368 e. The molecule has 0 aromatic heterocycles. The summed E-state index contributed by atoms with van der Waals surface area (Å²) in [5.74, 6) is 0. The van der Waals surface area contributed by atoms with Gasteiger partial charge >= 0.3 is 0 Å². The van der Waals surface area contributed by atoms with E-state index in [1.165, 1.54) is 25.7 Å². The molecule has 4 heteroatoms. The number of hydroxylamine groups is 2. The van der Waals surface area contributed by atoms with Crippen LogP contribution in [0.3, 0.4) is 0 Å². The van der Waals surface area contributed by atoms with Gasteiger partial charge < -0.3 is 9.47 Å². The Morgan fingerprint density at radius 1 is 0.909 bits per heavy atom. The van der Waals surface area contributed by atoms with Gasteiger partial charge in [0, 0.05) is 5.41 Å². The fourth-order valence-corrected chi connectivity index (χ4v) is 4.73. The van der Waals surface area contributed by atoms with Crippen LogP contribution in [0.5, 0.6) is 0 Å². The molecular weight excluding hydrogens is 278 g/mol. The lowest BCUT2D eigenvalue weighted by atomic mass is 9.85. The molecule has 2 heterocycles. The first-order chi connectivity index (χ1) is 10.1. The lowest BCUT2D eigenvalue weighted by Gasteiger charge is -2.36. The number of nitrogens with zero attached hydrogens (tertiary/aromatic N) is 1. The molecule has 0 unspecified atom stereocenters. The molecule has 0 N–H and O–H groups in total. The van der Waals surface area contributed by atoms with Crippen molar-refractivity contribution in [1.29, 1.82) is 0 Å². The standard InChI is InChI=1S/C18H31NO3/c1-15(2,3)20-12-11-19-14(13(12)21-16(4,5)6)17(7-8-17)18(22-19)9-10-18/h12-14H,7-11H2,1-6H3/t12-,13+,14+/m0/s1. The van der Waals surface area contributed by atoms with Crippen LogP contribution < -0.4 is 0 Å². The van der Waals surface area contributed by atoms with Crippen molar-refractivity contribution in [3.05, 3.63) is 0 Å². The first-order valence-corrected chi connectivity index (χ1v) is 8.87. The first kappa shape index (κ1) is 15.4. The molecule has 3 atom stereocenters. The van der Waals surface area contributed by atoms with E-state index in [2.05, 4.69) is 46.6 Å². The Hall–Kier alpha value is -0.160. The third kappa shape index (κ3) is 2.26. The normalized spacial score (nSPS) is 38.7. The molecule has 2 aliphatic carbocycles. The fraction of sp³-hybridized carbons (Fsp3) is 1.00. The van der Waals surface area contributed by atoms with Crippen molar-refractivity contribution >= 4 is 0 Å². The SMILES string of the molecule is CC(C)(C)O[C@@H]1[C@@H](OC(C)(C)C)CN2OC3(CC3)C3(CC3)[C@@H]12. The molecule has 4 rings (SSSR count). The summed E-state index contributed by atoms with van der Waals surface area (Å²) in [7, 11) is 0. The second-order valence-corrected chi connectivity index (χ2v) is 9.75. The summed E-state index contributed by atoms with van der Waals surface area (Å²) in [5, 5.41) is 2.23. The molecule has 0 bridgehead atoms. The predicted molar refractivity (Wildman–Crippen MR) is 84.5 cm³/mol. The van der Waals surface area contributed by atoms with E-state index in [0.29, 0.717) is 11.5 Å². The Kier molecular flexibility index (Phi) is 2.98. The highest BCUT2D eigenvalue weighted by Crippen LogP contribution is 2.74. The van der Waals surface area contributed by atoms with Gasteiger partial charge in [0.05, 0.1) is 29.4 Å². The quantitative estimate of drug-likeness (QED) is 0.783. The minimum atomic E-state index is -0.157. The molecule has 0 aromatic rings. The lowest BCUT2D eigenvalue weighted by molar-refractivity contribution is -0.172. The fourth-order valence-electron chi connectivity index (χ4n) is 4.73. The van der Waals surface area contributed by atoms with Crippen molar-refractivity contribution < 1.29 is 14.3 Å². The van der Waals surface area contributed by atoms with E-state index in [9.17, 15) is 0 Å². The van der Waals surface area contributed by atoms with Gasteiger partial charge in [-0.05, 0) is 67.2 Å². The summed E-state index contributed by atoms with van der Waals surface area (Å²) >= 11 is 0. The Balaban J connectivity index is 1.61. The van der Waals surface area contributed by atoms with Crippen LogP contribution in [0.1, 0.15) is 67.2 Å². The highest BCUT2D eigenvalue weighted by molar-refractivity contribution is 5.27. The average Bonchev–Trinajstić information content (AvgIpc) is 3.15. The summed E-state index contributed by atoms with van der Waals surface area (Å²) < 4.78 is 12.9. The molecule has 2 saturated heterocycles. The molecule has 0 aromatic carbocycles. The molecular formula is C18H31NO3. The van der Waals surface area contributed by atoms with Crippen molar-refractivity contribution in [2.45, 2.75) is 102 Å². The highest BCUT2D eigenvalue weighted by Gasteiger charge is 2.79. The van der Waals surface area contributed by atoms with Gasteiger partial charge in [-0.3, -0.25) is 4.84 Å². The van der Waals surface area contributed by atoms with E-state index in [-0.39, 0.29) is 29.0 Å². The summed E-state index contributed by atoms with van der Waals surface area (Å²) in [4.78, 5) is 6.42. The first-order valence-electron chi connectivity index (χ1n) is 8.87. The van der Waals surface area contributed by atoms with Gasteiger partial charge in [0.2, 0.25) is 0 Å². The molecule has 126 valence electrons. The van der Waals surface area contributed by atoms with E-state index >= 15 is 0 Å². The van der Waals surface area contributed by atoms with Crippen molar-refractivity contribution in [2.75, 3.05) is 6.54 Å². The monoisotopic (exact) mass is 309 g/mol. The molecule has 2 saturated carbocycles. The van der Waals surface area contributed by atoms with Gasteiger partial charge in [0.15, 0.2) is 0 Å². The Morgan fingerprint density at radius 3 is 1.95 bits per heavy atom. The molecule has 4 aliphatic rings. The molecule has 0 radical (unpaired) electrons. The van der Waals surface area contributed by atoms with Gasteiger partial charge in [-0.2, -0.15) is 5.06 Å². The summed E-state index contributed by atoms with van der Waals surface area (Å²) in [5.41, 5.74) is 0.191. The predicted octanol–water partition coefficient (Wildman–Crippen LogP) is 3.30. The minimum Gasteiger partial charge on any atom is -0.368 e. The second kappa shape index (κ2) is 4.27. The van der Waals surface area contributed by atoms with Crippen LogP contribution in [0.15, 0.2) is 0 Å². The molecule has 4 fully saturated rings. The lowest BCUT2D eigenvalue weighted by Crippen LogP contribution is -2.47. The maximum absolute atomic E-state index is 6.52. The summed E-state index contributed by atoms with van der Waals surface area (Å²) in [6, 6.07) is 0.376. The van der Waals surface area contributed by atoms with Crippen molar-refractivity contribution in [3.8, 4) is 0 Å². The second-order valence-electron chi connectivity index (χ2n) is 9.75. The van der Waals surface area contributed by atoms with Crippen LogP contribution in [0.2, 0.25) is 0 Å².